The molecule has 0 spiro atoms. The minimum Gasteiger partial charge on any atom is -0.490 e. The molecule has 0 fully saturated rings. The fourth-order valence-corrected chi connectivity index (χ4v) is 9.69. The average Bonchev–Trinajstić information content (AvgIpc) is 3.84. The van der Waals surface area contributed by atoms with E-state index in [1.54, 1.807) is 35.1 Å². The Bertz CT molecular complexity index is 2910. The third kappa shape index (κ3) is 5.69. The van der Waals surface area contributed by atoms with Crippen LogP contribution in [-0.2, 0) is 69.4 Å². The lowest BCUT2D eigenvalue weighted by molar-refractivity contribution is -0.172. The molecule has 316 valence electrons. The van der Waals surface area contributed by atoms with Crippen molar-refractivity contribution in [2.75, 3.05) is 13.2 Å². The zero-order chi connectivity index (χ0) is 43.2. The van der Waals surface area contributed by atoms with Gasteiger partial charge in [0.1, 0.15) is 37.9 Å². The van der Waals surface area contributed by atoms with Crippen LogP contribution in [-0.4, -0.2) is 54.5 Å². The number of rotatable bonds is 10. The van der Waals surface area contributed by atoms with E-state index in [0.717, 1.165) is 44.1 Å². The summed E-state index contributed by atoms with van der Waals surface area (Å²) in [5, 5.41) is 24.3. The Balaban J connectivity index is 0.844. The molecular weight excluding hydrogens is 793 g/mol. The highest BCUT2D eigenvalue weighted by Gasteiger charge is 2.47. The highest BCUT2D eigenvalue weighted by atomic mass is 16.6. The van der Waals surface area contributed by atoms with E-state index in [1.807, 2.05) is 48.6 Å². The summed E-state index contributed by atoms with van der Waals surface area (Å²) < 4.78 is 26.0. The van der Waals surface area contributed by atoms with Gasteiger partial charge in [-0.2, -0.15) is 0 Å². The van der Waals surface area contributed by atoms with Crippen molar-refractivity contribution in [3.05, 3.63) is 126 Å². The minimum atomic E-state index is -1.89. The first-order valence-electron chi connectivity index (χ1n) is 21.1. The maximum absolute atomic E-state index is 13.7. The molecule has 0 saturated carbocycles. The number of nitrogens with zero attached hydrogens (tertiary/aromatic N) is 4. The van der Waals surface area contributed by atoms with Gasteiger partial charge >= 0.3 is 11.9 Å². The maximum Gasteiger partial charge on any atom is 0.343 e. The van der Waals surface area contributed by atoms with Gasteiger partial charge in [-0.05, 0) is 97.5 Å². The molecule has 0 bridgehead atoms. The van der Waals surface area contributed by atoms with Gasteiger partial charge in [-0.15, -0.1) is 0 Å². The van der Waals surface area contributed by atoms with Crippen LogP contribution in [0.5, 0.6) is 11.5 Å². The van der Waals surface area contributed by atoms with Crippen molar-refractivity contribution in [3.8, 4) is 34.3 Å². The summed E-state index contributed by atoms with van der Waals surface area (Å²) in [7, 11) is 0. The fourth-order valence-electron chi connectivity index (χ4n) is 9.69. The maximum atomic E-state index is 13.7. The normalized spacial score (nSPS) is 19.5. The van der Waals surface area contributed by atoms with Crippen LogP contribution in [0.1, 0.15) is 85.0 Å². The first-order chi connectivity index (χ1) is 29.9. The van der Waals surface area contributed by atoms with Crippen LogP contribution in [0, 0.1) is 0 Å². The third-order valence-electron chi connectivity index (χ3n) is 13.1. The monoisotopic (exact) mass is 836 g/mol. The number of benzene rings is 2. The Morgan fingerprint density at radius 2 is 1.05 bits per heavy atom. The summed E-state index contributed by atoms with van der Waals surface area (Å²) >= 11 is 0. The smallest absolute Gasteiger partial charge is 0.343 e. The molecule has 8 heterocycles. The van der Waals surface area contributed by atoms with Crippen molar-refractivity contribution in [2.45, 2.75) is 90.9 Å². The van der Waals surface area contributed by atoms with Crippen molar-refractivity contribution >= 4 is 33.7 Å². The van der Waals surface area contributed by atoms with Crippen LogP contribution in [0.3, 0.4) is 0 Å². The van der Waals surface area contributed by atoms with Crippen LogP contribution in [0.2, 0.25) is 0 Å². The minimum absolute atomic E-state index is 0.0794. The van der Waals surface area contributed by atoms with Crippen LogP contribution in [0.15, 0.2) is 70.3 Å². The second-order valence-corrected chi connectivity index (χ2v) is 16.2. The van der Waals surface area contributed by atoms with Crippen molar-refractivity contribution in [1.82, 2.24) is 19.1 Å². The number of cyclic esters (lactones) is 2. The molecule has 0 saturated heterocycles. The number of ether oxygens (including phenoxy) is 4. The molecule has 0 aliphatic carbocycles. The molecule has 4 aliphatic rings. The Morgan fingerprint density at radius 3 is 1.44 bits per heavy atom. The van der Waals surface area contributed by atoms with Crippen molar-refractivity contribution in [2.24, 2.45) is 0 Å². The van der Waals surface area contributed by atoms with Gasteiger partial charge in [-0.25, -0.2) is 19.6 Å². The molecule has 0 amide bonds. The lowest BCUT2D eigenvalue weighted by atomic mass is 9.86. The van der Waals surface area contributed by atoms with Gasteiger partial charge in [-0.1, -0.05) is 27.7 Å². The van der Waals surface area contributed by atoms with Crippen LogP contribution >= 0.6 is 0 Å². The van der Waals surface area contributed by atoms with Gasteiger partial charge in [0.15, 0.2) is 11.2 Å². The molecule has 2 unspecified atom stereocenters. The number of aromatic nitrogens is 4. The van der Waals surface area contributed by atoms with Crippen molar-refractivity contribution < 1.29 is 38.7 Å². The predicted molar refractivity (Wildman–Crippen MR) is 228 cm³/mol. The summed E-state index contributed by atoms with van der Waals surface area (Å²) in [5.41, 5.74) is 4.77. The standard InChI is InChI=1S/C48H44N4O10/c1-5-27-29-17-25(11-13-37(29)49-41-31(27)21-51-39(41)19-35-33(43(51)53)23-61-45(55)47(35,57)7-3)59-15-9-10-16-60-26-12-14-38-30(18-26)28(6-2)32-22-52-40(42(32)50-38)20-36-34(44(52)54)24-62-46(56)48(36,58)8-4/h9-14,17-20,57-58H,5-8,15-16,21-24H2,1-4H3/b10-9+. The summed E-state index contributed by atoms with van der Waals surface area (Å²) in [5.74, 6) is -0.164. The van der Waals surface area contributed by atoms with E-state index >= 15 is 0 Å². The zero-order valence-electron chi connectivity index (χ0n) is 34.8. The summed E-state index contributed by atoms with van der Waals surface area (Å²) in [6, 6.07) is 14.9. The summed E-state index contributed by atoms with van der Waals surface area (Å²) in [6.07, 6.45) is 5.32. The molecule has 4 aromatic heterocycles. The largest absolute Gasteiger partial charge is 0.490 e. The molecule has 10 rings (SSSR count). The number of fused-ring (bicyclic) bond motifs is 10. The molecule has 2 aromatic carbocycles. The van der Waals surface area contributed by atoms with Crippen LogP contribution < -0.4 is 20.6 Å². The Hall–Kier alpha value is -6.64. The number of aryl methyl sites for hydroxylation is 2. The molecule has 14 nitrogen and oxygen atoms in total. The van der Waals surface area contributed by atoms with E-state index in [9.17, 15) is 29.4 Å². The van der Waals surface area contributed by atoms with E-state index < -0.39 is 23.1 Å². The molecule has 6 aromatic rings. The Labute approximate surface area is 355 Å². The SMILES string of the molecule is CCc1c2c(nc3ccc(OC/C=C/COc4ccc5nc6c(c(CC)c5c4)Cn4c-6cc5c(c4=O)COC(=O)C5(O)CC)cc13)-c1cc3c(c(=O)n1C2)COC(=O)C3(O)CC. The number of carbonyl (C=O) groups is 2. The second kappa shape index (κ2) is 14.5. The topological polar surface area (TPSA) is 181 Å². The lowest BCUT2D eigenvalue weighted by Gasteiger charge is -2.31. The Morgan fingerprint density at radius 1 is 0.629 bits per heavy atom. The number of carbonyl (C=O) groups excluding carboxylic acids is 2. The van der Waals surface area contributed by atoms with Gasteiger partial charge in [0.05, 0.1) is 58.0 Å². The molecule has 4 aliphatic heterocycles. The molecule has 2 N–H and O–H groups in total. The van der Waals surface area contributed by atoms with Gasteiger partial charge in [0.2, 0.25) is 0 Å². The summed E-state index contributed by atoms with van der Waals surface area (Å²) in [4.78, 5) is 62.5. The van der Waals surface area contributed by atoms with E-state index in [1.165, 1.54) is 0 Å². The average molecular weight is 837 g/mol. The molecular formula is C48H44N4O10. The highest BCUT2D eigenvalue weighted by molar-refractivity contribution is 5.91. The quantitative estimate of drug-likeness (QED) is 0.129. The van der Waals surface area contributed by atoms with Crippen molar-refractivity contribution in [3.63, 3.8) is 0 Å². The first kappa shape index (κ1) is 39.5. The van der Waals surface area contributed by atoms with Gasteiger partial charge in [0, 0.05) is 33.0 Å². The number of pyridine rings is 4. The second-order valence-electron chi connectivity index (χ2n) is 16.2. The number of hydrogen-bond acceptors (Lipinski definition) is 12. The zero-order valence-corrected chi connectivity index (χ0v) is 34.8. The van der Waals surface area contributed by atoms with Gasteiger partial charge in [-0.3, -0.25) is 9.59 Å². The number of aliphatic hydroxyl groups is 2. The van der Waals surface area contributed by atoms with E-state index in [2.05, 4.69) is 13.8 Å². The molecule has 62 heavy (non-hydrogen) atoms. The first-order valence-corrected chi connectivity index (χ1v) is 21.1. The molecule has 0 radical (unpaired) electrons. The van der Waals surface area contributed by atoms with Gasteiger partial charge in [0.25, 0.3) is 11.1 Å². The summed E-state index contributed by atoms with van der Waals surface area (Å²) in [6.45, 7) is 8.41. The van der Waals surface area contributed by atoms with Crippen LogP contribution in [0.4, 0.5) is 0 Å². The van der Waals surface area contributed by atoms with E-state index in [-0.39, 0.29) is 37.2 Å². The number of esters is 2. The van der Waals surface area contributed by atoms with Crippen LogP contribution in [0.25, 0.3) is 44.6 Å². The van der Waals surface area contributed by atoms with E-state index in [0.29, 0.717) is 95.7 Å². The highest BCUT2D eigenvalue weighted by Crippen LogP contribution is 2.43. The Kier molecular flexibility index (Phi) is 9.23. The third-order valence-corrected chi connectivity index (χ3v) is 13.1. The van der Waals surface area contributed by atoms with Gasteiger partial charge < -0.3 is 38.3 Å². The molecule has 2 atom stereocenters. The lowest BCUT2D eigenvalue weighted by Crippen LogP contribution is -2.44. The number of hydrogen-bond donors (Lipinski definition) is 2. The predicted octanol–water partition coefficient (Wildman–Crippen LogP) is 5.61. The van der Waals surface area contributed by atoms with E-state index in [4.69, 9.17) is 28.9 Å². The van der Waals surface area contributed by atoms with Crippen molar-refractivity contribution in [1.29, 1.82) is 0 Å². The fraction of sp³-hybridized carbons (Fsp3) is 0.333. The molecule has 14 heteroatoms.